The van der Waals surface area contributed by atoms with Crippen LogP contribution in [0.5, 0.6) is 5.88 Å². The van der Waals surface area contributed by atoms with Crippen LogP contribution in [0.25, 0.3) is 11.3 Å². The molecule has 0 bridgehead atoms. The number of rotatable bonds is 3. The van der Waals surface area contributed by atoms with Crippen LogP contribution in [-0.2, 0) is 6.54 Å². The fourth-order valence-electron chi connectivity index (χ4n) is 3.93. The molecule has 1 aromatic carbocycles. The van der Waals surface area contributed by atoms with Crippen LogP contribution in [-0.4, -0.2) is 58.1 Å². The molecule has 0 N–H and O–H groups in total. The molecule has 2 aromatic heterocycles. The highest BCUT2D eigenvalue weighted by molar-refractivity contribution is 5.96. The minimum Gasteiger partial charge on any atom is -0.470 e. The van der Waals surface area contributed by atoms with Gasteiger partial charge in [0.05, 0.1) is 12.6 Å². The SMILES string of the molecule is CN1C(=O)c2cccnc2OC2CN(Cc3cc(-c4ccccc4)no3)CC21. The van der Waals surface area contributed by atoms with Crippen molar-refractivity contribution in [1.82, 2.24) is 19.9 Å². The molecular formula is C21H20N4O3. The number of nitrogens with zero attached hydrogens (tertiary/aromatic N) is 4. The quantitative estimate of drug-likeness (QED) is 0.699. The first kappa shape index (κ1) is 16.9. The van der Waals surface area contributed by atoms with Gasteiger partial charge in [-0.05, 0) is 12.1 Å². The molecule has 2 aliphatic heterocycles. The summed E-state index contributed by atoms with van der Waals surface area (Å²) in [5.74, 6) is 1.16. The minimum atomic E-state index is -0.124. The van der Waals surface area contributed by atoms with Crippen LogP contribution in [0, 0.1) is 0 Å². The van der Waals surface area contributed by atoms with Gasteiger partial charge in [-0.3, -0.25) is 9.69 Å². The van der Waals surface area contributed by atoms with Crippen LogP contribution in [0.3, 0.4) is 0 Å². The van der Waals surface area contributed by atoms with Gasteiger partial charge in [0.25, 0.3) is 5.91 Å². The van der Waals surface area contributed by atoms with Crippen molar-refractivity contribution >= 4 is 5.91 Å². The molecule has 2 unspecified atom stereocenters. The van der Waals surface area contributed by atoms with Crippen LogP contribution in [0.4, 0.5) is 0 Å². The maximum atomic E-state index is 12.8. The highest BCUT2D eigenvalue weighted by atomic mass is 16.5. The lowest BCUT2D eigenvalue weighted by Gasteiger charge is -2.25. The summed E-state index contributed by atoms with van der Waals surface area (Å²) in [6.45, 7) is 2.02. The summed E-state index contributed by atoms with van der Waals surface area (Å²) < 4.78 is 11.6. The van der Waals surface area contributed by atoms with Gasteiger partial charge in [0.2, 0.25) is 5.88 Å². The predicted octanol–water partition coefficient (Wildman–Crippen LogP) is 2.45. The molecular weight excluding hydrogens is 356 g/mol. The second-order valence-electron chi connectivity index (χ2n) is 7.23. The Morgan fingerprint density at radius 1 is 1.14 bits per heavy atom. The molecule has 142 valence electrons. The minimum absolute atomic E-state index is 0.0294. The first-order valence-corrected chi connectivity index (χ1v) is 9.31. The third kappa shape index (κ3) is 2.93. The van der Waals surface area contributed by atoms with E-state index in [0.29, 0.717) is 31.1 Å². The maximum Gasteiger partial charge on any atom is 0.259 e. The average molecular weight is 376 g/mol. The normalized spacial score (nSPS) is 21.8. The number of hydrogen-bond acceptors (Lipinski definition) is 6. The monoisotopic (exact) mass is 376 g/mol. The Hall–Kier alpha value is -3.19. The van der Waals surface area contributed by atoms with Crippen LogP contribution in [0.2, 0.25) is 0 Å². The van der Waals surface area contributed by atoms with E-state index in [-0.39, 0.29) is 18.1 Å². The number of ether oxygens (including phenoxy) is 1. The molecule has 7 nitrogen and oxygen atoms in total. The lowest BCUT2D eigenvalue weighted by atomic mass is 10.1. The van der Waals surface area contributed by atoms with E-state index in [9.17, 15) is 4.79 Å². The molecule has 2 aliphatic rings. The molecule has 3 aromatic rings. The van der Waals surface area contributed by atoms with Gasteiger partial charge >= 0.3 is 0 Å². The molecule has 0 aliphatic carbocycles. The highest BCUT2D eigenvalue weighted by Gasteiger charge is 2.42. The first-order valence-electron chi connectivity index (χ1n) is 9.31. The van der Waals surface area contributed by atoms with Crippen molar-refractivity contribution in [2.45, 2.75) is 18.7 Å². The van der Waals surface area contributed by atoms with Crippen molar-refractivity contribution in [3.63, 3.8) is 0 Å². The molecule has 5 rings (SSSR count). The van der Waals surface area contributed by atoms with Crippen molar-refractivity contribution in [2.75, 3.05) is 20.1 Å². The molecule has 2 atom stereocenters. The number of carbonyl (C=O) groups is 1. The summed E-state index contributed by atoms with van der Waals surface area (Å²) in [7, 11) is 1.83. The summed E-state index contributed by atoms with van der Waals surface area (Å²) in [6, 6.07) is 15.4. The molecule has 28 heavy (non-hydrogen) atoms. The molecule has 0 radical (unpaired) electrons. The number of likely N-dealkylation sites (tertiary alicyclic amines) is 1. The fraction of sp³-hybridized carbons (Fsp3) is 0.286. The number of carbonyl (C=O) groups excluding carboxylic acids is 1. The average Bonchev–Trinajstić information content (AvgIpc) is 3.33. The number of pyridine rings is 1. The van der Waals surface area contributed by atoms with Gasteiger partial charge in [-0.15, -0.1) is 0 Å². The van der Waals surface area contributed by atoms with Gasteiger partial charge in [0.1, 0.15) is 17.4 Å². The molecule has 1 fully saturated rings. The smallest absolute Gasteiger partial charge is 0.259 e. The number of amides is 1. The number of aromatic nitrogens is 2. The summed E-state index contributed by atoms with van der Waals surface area (Å²) in [5, 5.41) is 4.18. The van der Waals surface area contributed by atoms with Gasteiger partial charge in [-0.25, -0.2) is 4.98 Å². The Labute approximate surface area is 162 Å². The second kappa shape index (κ2) is 6.76. The number of fused-ring (bicyclic) bond motifs is 2. The van der Waals surface area contributed by atoms with Crippen LogP contribution < -0.4 is 4.74 Å². The second-order valence-corrected chi connectivity index (χ2v) is 7.23. The van der Waals surface area contributed by atoms with E-state index in [4.69, 9.17) is 9.26 Å². The Morgan fingerprint density at radius 3 is 2.86 bits per heavy atom. The standard InChI is InChI=1S/C21H20N4O3/c1-24-18-12-25(11-15-10-17(23-28-15)14-6-3-2-4-7-14)13-19(18)27-20-16(21(24)26)8-5-9-22-20/h2-10,18-19H,11-13H2,1H3. The molecule has 1 amide bonds. The zero-order valence-corrected chi connectivity index (χ0v) is 15.5. The third-order valence-corrected chi connectivity index (χ3v) is 5.40. The molecule has 0 saturated carbocycles. The van der Waals surface area contributed by atoms with Crippen molar-refractivity contribution in [3.8, 4) is 17.1 Å². The van der Waals surface area contributed by atoms with E-state index in [1.807, 2.05) is 43.4 Å². The van der Waals surface area contributed by atoms with E-state index in [0.717, 1.165) is 17.0 Å². The zero-order valence-electron chi connectivity index (χ0n) is 15.5. The Kier molecular flexibility index (Phi) is 4.09. The van der Waals surface area contributed by atoms with E-state index in [1.165, 1.54) is 0 Å². The van der Waals surface area contributed by atoms with Crippen LogP contribution in [0.15, 0.2) is 59.3 Å². The summed E-state index contributed by atoms with van der Waals surface area (Å²) in [5.41, 5.74) is 2.37. The van der Waals surface area contributed by atoms with Crippen molar-refractivity contribution in [3.05, 3.63) is 66.1 Å². The molecule has 4 heterocycles. The van der Waals surface area contributed by atoms with Gasteiger partial charge in [0, 0.05) is 38.0 Å². The van der Waals surface area contributed by atoms with Crippen molar-refractivity contribution in [1.29, 1.82) is 0 Å². The molecule has 0 spiro atoms. The lowest BCUT2D eigenvalue weighted by Crippen LogP contribution is -2.44. The van der Waals surface area contributed by atoms with Gasteiger partial charge in [0.15, 0.2) is 5.76 Å². The summed E-state index contributed by atoms with van der Waals surface area (Å²) in [4.78, 5) is 21.0. The van der Waals surface area contributed by atoms with Crippen LogP contribution in [0.1, 0.15) is 16.1 Å². The summed E-state index contributed by atoms with van der Waals surface area (Å²) in [6.07, 6.45) is 1.53. The topological polar surface area (TPSA) is 71.7 Å². The van der Waals surface area contributed by atoms with Gasteiger partial charge in [-0.2, -0.15) is 0 Å². The van der Waals surface area contributed by atoms with E-state index in [1.54, 1.807) is 23.2 Å². The third-order valence-electron chi connectivity index (χ3n) is 5.40. The fourth-order valence-corrected chi connectivity index (χ4v) is 3.93. The maximum absolute atomic E-state index is 12.8. The first-order chi connectivity index (χ1) is 13.7. The number of hydrogen-bond donors (Lipinski definition) is 0. The van der Waals surface area contributed by atoms with Crippen molar-refractivity contribution in [2.24, 2.45) is 0 Å². The van der Waals surface area contributed by atoms with Gasteiger partial charge < -0.3 is 14.2 Å². The van der Waals surface area contributed by atoms with Crippen LogP contribution >= 0.6 is 0 Å². The van der Waals surface area contributed by atoms with E-state index < -0.39 is 0 Å². The lowest BCUT2D eigenvalue weighted by molar-refractivity contribution is 0.0680. The number of likely N-dealkylation sites (N-methyl/N-ethyl adjacent to an activating group) is 1. The van der Waals surface area contributed by atoms with E-state index >= 15 is 0 Å². The largest absolute Gasteiger partial charge is 0.470 e. The summed E-state index contributed by atoms with van der Waals surface area (Å²) >= 11 is 0. The highest BCUT2D eigenvalue weighted by Crippen LogP contribution is 2.30. The molecule has 7 heteroatoms. The van der Waals surface area contributed by atoms with E-state index in [2.05, 4.69) is 15.0 Å². The van der Waals surface area contributed by atoms with Crippen molar-refractivity contribution < 1.29 is 14.1 Å². The Balaban J connectivity index is 1.33. The zero-order chi connectivity index (χ0) is 19.1. The number of benzene rings is 1. The Bertz CT molecular complexity index is 1000. The Morgan fingerprint density at radius 2 is 2.00 bits per heavy atom. The van der Waals surface area contributed by atoms with Gasteiger partial charge in [-0.1, -0.05) is 35.5 Å². The predicted molar refractivity (Wildman–Crippen MR) is 102 cm³/mol. The molecule has 1 saturated heterocycles.